The highest BCUT2D eigenvalue weighted by Gasteiger charge is 2.31. The summed E-state index contributed by atoms with van der Waals surface area (Å²) in [5, 5.41) is 0. The molecule has 138 valence electrons. The highest BCUT2D eigenvalue weighted by Crippen LogP contribution is 2.33. The largest absolute Gasteiger partial charge is 0.417 e. The zero-order valence-electron chi connectivity index (χ0n) is 14.4. The Labute approximate surface area is 152 Å². The summed E-state index contributed by atoms with van der Waals surface area (Å²) in [6, 6.07) is 5.78. The van der Waals surface area contributed by atoms with Gasteiger partial charge in [0.05, 0.1) is 11.1 Å². The van der Waals surface area contributed by atoms with Crippen LogP contribution in [0.3, 0.4) is 0 Å². The minimum absolute atomic E-state index is 0.0749. The van der Waals surface area contributed by atoms with Gasteiger partial charge in [0.15, 0.2) is 5.65 Å². The van der Waals surface area contributed by atoms with Gasteiger partial charge < -0.3 is 4.57 Å². The fraction of sp³-hybridized carbons (Fsp3) is 0.200. The number of fused-ring (bicyclic) bond motifs is 1. The van der Waals surface area contributed by atoms with E-state index in [1.165, 1.54) is 10.6 Å². The molecule has 0 fully saturated rings. The first kappa shape index (κ1) is 17.5. The lowest BCUT2D eigenvalue weighted by Gasteiger charge is -2.11. The molecule has 4 rings (SSSR count). The molecule has 27 heavy (non-hydrogen) atoms. The van der Waals surface area contributed by atoms with Crippen molar-refractivity contribution in [2.75, 3.05) is 0 Å². The normalized spacial score (nSPS) is 14.6. The first-order valence-electron chi connectivity index (χ1n) is 8.40. The molecule has 0 N–H and O–H groups in total. The minimum atomic E-state index is -4.51. The molecule has 2 heterocycles. The maximum Gasteiger partial charge on any atom is 0.417 e. The second kappa shape index (κ2) is 6.33. The number of hydrogen-bond donors (Lipinski definition) is 0. The van der Waals surface area contributed by atoms with E-state index in [9.17, 15) is 17.6 Å². The summed E-state index contributed by atoms with van der Waals surface area (Å²) in [5.74, 6) is -0.240. The van der Waals surface area contributed by atoms with E-state index in [-0.39, 0.29) is 22.6 Å². The highest BCUT2D eigenvalue weighted by molar-refractivity contribution is 5.78. The molecule has 1 aliphatic carbocycles. The second-order valence-electron chi connectivity index (χ2n) is 6.41. The van der Waals surface area contributed by atoms with Gasteiger partial charge in [-0.15, -0.1) is 0 Å². The van der Waals surface area contributed by atoms with Gasteiger partial charge in [0.25, 0.3) is 0 Å². The molecule has 1 aromatic carbocycles. The Morgan fingerprint density at radius 3 is 2.63 bits per heavy atom. The molecule has 2 aromatic heterocycles. The number of allylic oxidation sites excluding steroid dienone is 4. The van der Waals surface area contributed by atoms with Crippen LogP contribution in [0.25, 0.3) is 28.1 Å². The van der Waals surface area contributed by atoms with E-state index in [1.54, 1.807) is 19.2 Å². The van der Waals surface area contributed by atoms with Crippen molar-refractivity contribution in [1.29, 1.82) is 0 Å². The number of benzene rings is 1. The molecular weight excluding hydrogens is 358 g/mol. The molecule has 0 unspecified atom stereocenters. The number of halogens is 4. The number of imidazole rings is 1. The third kappa shape index (κ3) is 3.13. The molecule has 7 heteroatoms. The smallest absolute Gasteiger partial charge is 0.312 e. The molecule has 3 nitrogen and oxygen atoms in total. The zero-order valence-corrected chi connectivity index (χ0v) is 14.4. The van der Waals surface area contributed by atoms with Crippen LogP contribution in [0, 0.1) is 5.82 Å². The number of pyridine rings is 1. The summed E-state index contributed by atoms with van der Waals surface area (Å²) < 4.78 is 54.9. The van der Waals surface area contributed by atoms with E-state index in [4.69, 9.17) is 0 Å². The lowest BCUT2D eigenvalue weighted by molar-refractivity contribution is -0.137. The molecule has 3 aromatic rings. The van der Waals surface area contributed by atoms with E-state index < -0.39 is 17.6 Å². The number of nitrogens with zero attached hydrogens (tertiary/aromatic N) is 3. The summed E-state index contributed by atoms with van der Waals surface area (Å²) in [6.07, 6.45) is 3.95. The number of alkyl halides is 3. The Hall–Kier alpha value is -2.96. The van der Waals surface area contributed by atoms with E-state index in [0.29, 0.717) is 0 Å². The van der Waals surface area contributed by atoms with Crippen LogP contribution in [0.2, 0.25) is 0 Å². The standard InChI is InChI=1S/C20H15F4N3/c1-27-18(26-17-10-14(20(22,23)24)11-25-19(17)27)15-8-7-13(9-16(15)21)12-5-3-2-4-6-12/h2-3,5,7-11H,4,6H2,1H3. The number of aryl methyl sites for hydroxylation is 1. The van der Waals surface area contributed by atoms with Gasteiger partial charge in [-0.1, -0.05) is 24.3 Å². The van der Waals surface area contributed by atoms with E-state index in [0.717, 1.165) is 36.2 Å². The van der Waals surface area contributed by atoms with Crippen molar-refractivity contribution in [1.82, 2.24) is 14.5 Å². The molecule has 0 saturated heterocycles. The van der Waals surface area contributed by atoms with Gasteiger partial charge in [-0.3, -0.25) is 0 Å². The van der Waals surface area contributed by atoms with Gasteiger partial charge in [0.1, 0.15) is 17.2 Å². The third-order valence-electron chi connectivity index (χ3n) is 4.63. The number of hydrogen-bond acceptors (Lipinski definition) is 2. The van der Waals surface area contributed by atoms with Gasteiger partial charge in [-0.2, -0.15) is 13.2 Å². The lowest BCUT2D eigenvalue weighted by Crippen LogP contribution is -2.05. The first-order chi connectivity index (χ1) is 12.8. The van der Waals surface area contributed by atoms with Gasteiger partial charge in [0.2, 0.25) is 0 Å². The summed E-state index contributed by atoms with van der Waals surface area (Å²) in [7, 11) is 1.60. The Kier molecular flexibility index (Phi) is 4.09. The first-order valence-corrected chi connectivity index (χ1v) is 8.40. The van der Waals surface area contributed by atoms with Crippen molar-refractivity contribution in [2.45, 2.75) is 19.0 Å². The highest BCUT2D eigenvalue weighted by atomic mass is 19.4. The van der Waals surface area contributed by atoms with Crippen molar-refractivity contribution < 1.29 is 17.6 Å². The van der Waals surface area contributed by atoms with Crippen molar-refractivity contribution in [3.05, 3.63) is 65.6 Å². The molecule has 0 amide bonds. The SMILES string of the molecule is Cn1c(-c2ccc(C3=CC=CCC3)cc2F)nc2cc(C(F)(F)F)cnc21. The number of rotatable bonds is 2. The average molecular weight is 373 g/mol. The van der Waals surface area contributed by atoms with Gasteiger partial charge in [-0.05, 0) is 42.2 Å². The number of aromatic nitrogens is 3. The minimum Gasteiger partial charge on any atom is -0.312 e. The van der Waals surface area contributed by atoms with E-state index in [1.807, 2.05) is 12.2 Å². The van der Waals surface area contributed by atoms with Crippen LogP contribution >= 0.6 is 0 Å². The van der Waals surface area contributed by atoms with Crippen LogP contribution in [0.1, 0.15) is 24.0 Å². The average Bonchev–Trinajstić information content (AvgIpc) is 2.98. The molecule has 0 radical (unpaired) electrons. The predicted molar refractivity (Wildman–Crippen MR) is 95.3 cm³/mol. The summed E-state index contributed by atoms with van der Waals surface area (Å²) >= 11 is 0. The Morgan fingerprint density at radius 2 is 1.96 bits per heavy atom. The monoisotopic (exact) mass is 373 g/mol. The Morgan fingerprint density at radius 1 is 1.15 bits per heavy atom. The van der Waals surface area contributed by atoms with Crippen LogP contribution in [0.15, 0.2) is 48.7 Å². The second-order valence-corrected chi connectivity index (χ2v) is 6.41. The van der Waals surface area contributed by atoms with Crippen molar-refractivity contribution in [3.8, 4) is 11.4 Å². The quantitative estimate of drug-likeness (QED) is 0.553. The van der Waals surface area contributed by atoms with E-state index in [2.05, 4.69) is 16.0 Å². The van der Waals surface area contributed by atoms with Gasteiger partial charge >= 0.3 is 6.18 Å². The molecule has 0 bridgehead atoms. The molecule has 0 atom stereocenters. The fourth-order valence-corrected chi connectivity index (χ4v) is 3.21. The predicted octanol–water partition coefficient (Wildman–Crippen LogP) is 5.53. The van der Waals surface area contributed by atoms with Crippen molar-refractivity contribution >= 4 is 16.7 Å². The maximum absolute atomic E-state index is 14.8. The maximum atomic E-state index is 14.8. The topological polar surface area (TPSA) is 30.7 Å². The van der Waals surface area contributed by atoms with E-state index >= 15 is 0 Å². The van der Waals surface area contributed by atoms with Crippen LogP contribution in [-0.2, 0) is 13.2 Å². The molecule has 1 aliphatic rings. The van der Waals surface area contributed by atoms with Crippen LogP contribution in [-0.4, -0.2) is 14.5 Å². The van der Waals surface area contributed by atoms with Crippen LogP contribution in [0.4, 0.5) is 17.6 Å². The van der Waals surface area contributed by atoms with Crippen molar-refractivity contribution in [3.63, 3.8) is 0 Å². The lowest BCUT2D eigenvalue weighted by atomic mass is 9.96. The molecular formula is C20H15F4N3. The molecule has 0 spiro atoms. The third-order valence-corrected chi connectivity index (χ3v) is 4.63. The summed E-state index contributed by atoms with van der Waals surface area (Å²) in [4.78, 5) is 8.05. The fourth-order valence-electron chi connectivity index (χ4n) is 3.21. The Balaban J connectivity index is 1.79. The van der Waals surface area contributed by atoms with Gasteiger partial charge in [-0.25, -0.2) is 14.4 Å². The Bertz CT molecular complexity index is 1090. The van der Waals surface area contributed by atoms with Crippen molar-refractivity contribution in [2.24, 2.45) is 7.05 Å². The van der Waals surface area contributed by atoms with Gasteiger partial charge in [0, 0.05) is 13.2 Å². The summed E-state index contributed by atoms with van der Waals surface area (Å²) in [5.41, 5.74) is 1.52. The molecule has 0 saturated carbocycles. The van der Waals surface area contributed by atoms with Crippen LogP contribution in [0.5, 0.6) is 0 Å². The summed E-state index contributed by atoms with van der Waals surface area (Å²) in [6.45, 7) is 0. The van der Waals surface area contributed by atoms with Crippen LogP contribution < -0.4 is 0 Å². The zero-order chi connectivity index (χ0) is 19.2. The molecule has 0 aliphatic heterocycles.